The Hall–Kier alpha value is -0.0294. The van der Waals surface area contributed by atoms with Crippen molar-refractivity contribution in [2.24, 2.45) is 0 Å². The van der Waals surface area contributed by atoms with E-state index in [1.54, 1.807) is 6.92 Å². The smallest absolute Gasteiger partial charge is 0.311 e. The molecular weight excluding hydrogens is 943 g/mol. The molecule has 0 radical (unpaired) electrons. The van der Waals surface area contributed by atoms with Crippen molar-refractivity contribution in [3.05, 3.63) is 0 Å². The molecule has 0 aliphatic heterocycles. The standard InChI is InChI=1S/C49H108NO16Si3/c1-40(51)30-57-42(3)32-59-44(5)34-61-46(7)36-63-48(9)38-64-47(8)37-62-45(6)35-60-43(4)33-58-41(2)31-56-26-25-54-24-23-53-21-19-27-67(13,14)65-69(17,18)66-68(15,16)28-20-22-55-39-49(52)29-50(10,11)12/h40-49,51-52H,19-39H2,1-18H3/q+1. The summed E-state index contributed by atoms with van der Waals surface area (Å²) in [7, 11) is 0.0731. The zero-order chi connectivity index (χ0) is 52.5. The largest absolute Gasteiger partial charge is 0.437 e. The maximum Gasteiger partial charge on any atom is 0.311 e. The number of ether oxygens (including phenoxy) is 12. The van der Waals surface area contributed by atoms with Gasteiger partial charge >= 0.3 is 8.56 Å². The van der Waals surface area contributed by atoms with Crippen molar-refractivity contribution in [3.63, 3.8) is 0 Å². The van der Waals surface area contributed by atoms with Crippen LogP contribution >= 0.6 is 0 Å². The second kappa shape index (κ2) is 38.5. The molecule has 0 spiro atoms. The Morgan fingerprint density at radius 1 is 0.362 bits per heavy atom. The number of hydrogen-bond acceptors (Lipinski definition) is 16. The highest BCUT2D eigenvalue weighted by Gasteiger charge is 2.39. The molecule has 0 heterocycles. The van der Waals surface area contributed by atoms with Crippen molar-refractivity contribution < 1.29 is 79.8 Å². The molecule has 416 valence electrons. The zero-order valence-electron chi connectivity index (χ0n) is 47.2. The average Bonchev–Trinajstić information content (AvgIpc) is 3.23. The molecular formula is C49H108NO16Si3+. The van der Waals surface area contributed by atoms with Gasteiger partial charge in [0.05, 0.1) is 169 Å². The van der Waals surface area contributed by atoms with E-state index in [-0.39, 0.29) is 48.8 Å². The molecule has 2 N–H and O–H groups in total. The van der Waals surface area contributed by atoms with Crippen LogP contribution in [0.1, 0.15) is 75.2 Å². The van der Waals surface area contributed by atoms with Gasteiger partial charge in [-0.3, -0.25) is 0 Å². The van der Waals surface area contributed by atoms with Gasteiger partial charge in [0, 0.05) is 13.2 Å². The molecule has 0 aromatic carbocycles. The van der Waals surface area contributed by atoms with Gasteiger partial charge in [0.1, 0.15) is 12.6 Å². The Balaban J connectivity index is 3.94. The summed E-state index contributed by atoms with van der Waals surface area (Å²) in [6.07, 6.45) is 0.234. The van der Waals surface area contributed by atoms with Crippen LogP contribution in [-0.2, 0) is 65.1 Å². The van der Waals surface area contributed by atoms with Gasteiger partial charge in [-0.05, 0) is 127 Å². The predicted molar refractivity (Wildman–Crippen MR) is 281 cm³/mol. The molecule has 0 aromatic rings. The summed E-state index contributed by atoms with van der Waals surface area (Å²) in [5.41, 5.74) is 0. The number of aliphatic hydroxyl groups excluding tert-OH is 2. The van der Waals surface area contributed by atoms with Gasteiger partial charge in [0.15, 0.2) is 16.6 Å². The zero-order valence-corrected chi connectivity index (χ0v) is 50.2. The van der Waals surface area contributed by atoms with Gasteiger partial charge < -0.3 is 79.8 Å². The van der Waals surface area contributed by atoms with E-state index in [1.807, 2.05) is 55.4 Å². The van der Waals surface area contributed by atoms with Crippen molar-refractivity contribution >= 4 is 25.2 Å². The molecule has 10 unspecified atom stereocenters. The molecule has 0 aliphatic rings. The maximum atomic E-state index is 10.2. The Bertz CT molecular complexity index is 1210. The summed E-state index contributed by atoms with van der Waals surface area (Å²) in [5, 5.41) is 19.5. The number of nitrogens with zero attached hydrogens (tertiary/aromatic N) is 1. The topological polar surface area (TPSA) is 170 Å². The van der Waals surface area contributed by atoms with Crippen molar-refractivity contribution in [1.29, 1.82) is 0 Å². The molecule has 10 atom stereocenters. The fourth-order valence-corrected chi connectivity index (χ4v) is 21.0. The van der Waals surface area contributed by atoms with Crippen LogP contribution in [0.4, 0.5) is 0 Å². The number of likely N-dealkylation sites (N-methyl/N-ethyl adjacent to an activating group) is 1. The van der Waals surface area contributed by atoms with Gasteiger partial charge in [-0.15, -0.1) is 0 Å². The van der Waals surface area contributed by atoms with Gasteiger partial charge in [0.2, 0.25) is 0 Å². The Labute approximate surface area is 424 Å². The van der Waals surface area contributed by atoms with Gasteiger partial charge in [-0.1, -0.05) is 0 Å². The first-order valence-electron chi connectivity index (χ1n) is 25.9. The minimum absolute atomic E-state index is 0.0706. The highest BCUT2D eigenvalue weighted by atomic mass is 28.5. The quantitative estimate of drug-likeness (QED) is 0.0376. The summed E-state index contributed by atoms with van der Waals surface area (Å²) in [5.74, 6) is 0. The molecule has 20 heteroatoms. The number of aliphatic hydroxyl groups is 2. The minimum Gasteiger partial charge on any atom is -0.437 e. The third kappa shape index (κ3) is 45.1. The average molecular weight is 1050 g/mol. The SMILES string of the molecule is CC(O)COC(C)COC(C)COC(C)COC(C)COC(C)COC(C)COC(C)COC(C)COCCOCCOCCC[Si](C)(C)O[Si](C)(C)O[Si](C)(C)CCCOCC(O)C[N+](C)(C)C. The first-order valence-corrected chi connectivity index (χ1v) is 34.9. The number of hydrogen-bond donors (Lipinski definition) is 2. The van der Waals surface area contributed by atoms with E-state index in [9.17, 15) is 10.2 Å². The molecule has 0 fully saturated rings. The summed E-state index contributed by atoms with van der Waals surface area (Å²) >= 11 is 0. The van der Waals surface area contributed by atoms with Crippen LogP contribution in [-0.4, -0.2) is 234 Å². The second-order valence-corrected chi connectivity index (χ2v) is 34.3. The molecule has 17 nitrogen and oxygen atoms in total. The van der Waals surface area contributed by atoms with Gasteiger partial charge in [-0.2, -0.15) is 0 Å². The fourth-order valence-electron chi connectivity index (χ4n) is 7.03. The summed E-state index contributed by atoms with van der Waals surface area (Å²) in [6, 6.07) is 2.02. The molecule has 0 bridgehead atoms. The van der Waals surface area contributed by atoms with Crippen LogP contribution in [0.3, 0.4) is 0 Å². The molecule has 0 aromatic heterocycles. The summed E-state index contributed by atoms with van der Waals surface area (Å²) in [6.45, 7) is 39.3. The Kier molecular flexibility index (Phi) is 38.5. The molecule has 0 rings (SSSR count). The normalized spacial score (nSPS) is 17.6. The highest BCUT2D eigenvalue weighted by molar-refractivity contribution is 6.87. The molecule has 69 heavy (non-hydrogen) atoms. The maximum absolute atomic E-state index is 10.2. The van der Waals surface area contributed by atoms with Gasteiger partial charge in [0.25, 0.3) is 0 Å². The summed E-state index contributed by atoms with van der Waals surface area (Å²) < 4.78 is 84.3. The van der Waals surface area contributed by atoms with Crippen LogP contribution in [0.2, 0.25) is 51.4 Å². The summed E-state index contributed by atoms with van der Waals surface area (Å²) in [4.78, 5) is 0. The first kappa shape index (κ1) is 69.0. The minimum atomic E-state index is -2.29. The van der Waals surface area contributed by atoms with Crippen molar-refractivity contribution in [3.8, 4) is 0 Å². The number of quaternary nitrogens is 1. The van der Waals surface area contributed by atoms with Crippen LogP contribution in [0.15, 0.2) is 0 Å². The van der Waals surface area contributed by atoms with Crippen molar-refractivity contribution in [2.75, 3.05) is 133 Å². The van der Waals surface area contributed by atoms with E-state index in [0.29, 0.717) is 117 Å². The van der Waals surface area contributed by atoms with Gasteiger partial charge in [-0.25, -0.2) is 0 Å². The van der Waals surface area contributed by atoms with Crippen LogP contribution in [0, 0.1) is 0 Å². The lowest BCUT2D eigenvalue weighted by Gasteiger charge is -2.38. The predicted octanol–water partition coefficient (Wildman–Crippen LogP) is 6.67. The number of rotatable bonds is 48. The van der Waals surface area contributed by atoms with Crippen LogP contribution < -0.4 is 0 Å². The van der Waals surface area contributed by atoms with E-state index in [1.165, 1.54) is 0 Å². The lowest BCUT2D eigenvalue weighted by Crippen LogP contribution is -2.52. The Morgan fingerprint density at radius 2 is 0.638 bits per heavy atom. The molecule has 0 amide bonds. The Morgan fingerprint density at radius 3 is 0.971 bits per heavy atom. The van der Waals surface area contributed by atoms with Crippen LogP contribution in [0.5, 0.6) is 0 Å². The molecule has 0 saturated carbocycles. The molecule has 0 aliphatic carbocycles. The van der Waals surface area contributed by atoms with E-state index in [0.717, 1.165) is 24.9 Å². The monoisotopic (exact) mass is 1050 g/mol. The van der Waals surface area contributed by atoms with E-state index in [4.69, 9.17) is 65.1 Å². The van der Waals surface area contributed by atoms with Crippen molar-refractivity contribution in [2.45, 2.75) is 188 Å². The molecule has 0 saturated heterocycles. The van der Waals surface area contributed by atoms with E-state index < -0.39 is 37.4 Å². The highest BCUT2D eigenvalue weighted by Crippen LogP contribution is 2.26. The van der Waals surface area contributed by atoms with E-state index in [2.05, 4.69) is 60.4 Å². The van der Waals surface area contributed by atoms with Crippen LogP contribution in [0.25, 0.3) is 0 Å². The lowest BCUT2D eigenvalue weighted by molar-refractivity contribution is -0.873. The lowest BCUT2D eigenvalue weighted by atomic mass is 10.3. The van der Waals surface area contributed by atoms with E-state index >= 15 is 0 Å². The first-order chi connectivity index (χ1) is 32.1. The van der Waals surface area contributed by atoms with Crippen molar-refractivity contribution in [1.82, 2.24) is 0 Å². The fraction of sp³-hybridized carbons (Fsp3) is 1.00. The third-order valence-corrected chi connectivity index (χ3v) is 21.7. The second-order valence-electron chi connectivity index (χ2n) is 21.8. The third-order valence-electron chi connectivity index (χ3n) is 10.3.